The quantitative estimate of drug-likeness (QED) is 0.626. The number of nitrogens with two attached hydrogens (primary N) is 1. The fourth-order valence-corrected chi connectivity index (χ4v) is 2.08. The molecule has 1 atom stereocenters. The molecule has 3 N–H and O–H groups in total. The van der Waals surface area contributed by atoms with E-state index in [0.29, 0.717) is 12.2 Å². The van der Waals surface area contributed by atoms with Crippen molar-refractivity contribution in [3.63, 3.8) is 0 Å². The van der Waals surface area contributed by atoms with Gasteiger partial charge in [0, 0.05) is 17.9 Å². The smallest absolute Gasteiger partial charge is 0.168 e. The van der Waals surface area contributed by atoms with Crippen molar-refractivity contribution in [3.05, 3.63) is 24.3 Å². The van der Waals surface area contributed by atoms with Crippen LogP contribution in [0.3, 0.4) is 0 Å². The van der Waals surface area contributed by atoms with Gasteiger partial charge in [0.1, 0.15) is 4.71 Å². The van der Waals surface area contributed by atoms with E-state index in [1.54, 1.807) is 24.3 Å². The highest BCUT2D eigenvalue weighted by Gasteiger charge is 2.16. The highest BCUT2D eigenvalue weighted by molar-refractivity contribution is 7.93. The molecule has 1 unspecified atom stereocenters. The van der Waals surface area contributed by atoms with Crippen molar-refractivity contribution in [2.75, 3.05) is 23.3 Å². The molecule has 16 heavy (non-hydrogen) atoms. The van der Waals surface area contributed by atoms with Gasteiger partial charge in [-0.05, 0) is 31.2 Å². The molecule has 1 rings (SSSR count). The minimum Gasteiger partial charge on any atom is -0.399 e. The molecule has 1 aromatic carbocycles. The summed E-state index contributed by atoms with van der Waals surface area (Å²) in [4.78, 5) is 0. The van der Waals surface area contributed by atoms with Gasteiger partial charge in [0.15, 0.2) is 9.84 Å². The fraction of sp³-hybridized carbons (Fsp3) is 0.400. The number of sulfone groups is 1. The molecule has 0 radical (unpaired) electrons. The standard InChI is InChI=1S/C10H15ClN2O2S/c1-8(11)16(14,15)7-6-13-10-4-2-9(12)3-5-10/h2-5,8,13H,6-7,12H2,1H3. The Labute approximate surface area is 101 Å². The zero-order valence-electron chi connectivity index (χ0n) is 8.98. The Morgan fingerprint density at radius 1 is 1.38 bits per heavy atom. The molecular formula is C10H15ClN2O2S. The van der Waals surface area contributed by atoms with Gasteiger partial charge >= 0.3 is 0 Å². The van der Waals surface area contributed by atoms with E-state index < -0.39 is 14.5 Å². The molecule has 1 aromatic rings. The topological polar surface area (TPSA) is 72.2 Å². The maximum absolute atomic E-state index is 11.4. The Morgan fingerprint density at radius 3 is 2.44 bits per heavy atom. The van der Waals surface area contributed by atoms with Crippen LogP contribution in [0, 0.1) is 0 Å². The van der Waals surface area contributed by atoms with Gasteiger partial charge in [-0.2, -0.15) is 0 Å². The van der Waals surface area contributed by atoms with Crippen molar-refractivity contribution >= 4 is 32.8 Å². The van der Waals surface area contributed by atoms with Crippen LogP contribution in [0.1, 0.15) is 6.92 Å². The maximum atomic E-state index is 11.4. The van der Waals surface area contributed by atoms with E-state index in [1.807, 2.05) is 0 Å². The average molecular weight is 263 g/mol. The zero-order valence-corrected chi connectivity index (χ0v) is 10.6. The van der Waals surface area contributed by atoms with Crippen molar-refractivity contribution in [2.45, 2.75) is 11.6 Å². The van der Waals surface area contributed by atoms with E-state index in [9.17, 15) is 8.42 Å². The van der Waals surface area contributed by atoms with Crippen molar-refractivity contribution in [1.29, 1.82) is 0 Å². The lowest BCUT2D eigenvalue weighted by Crippen LogP contribution is -2.21. The highest BCUT2D eigenvalue weighted by Crippen LogP contribution is 2.11. The average Bonchev–Trinajstić information content (AvgIpc) is 2.20. The van der Waals surface area contributed by atoms with Crippen molar-refractivity contribution < 1.29 is 8.42 Å². The number of nitrogens with one attached hydrogen (secondary N) is 1. The van der Waals surface area contributed by atoms with Crippen LogP contribution in [0.25, 0.3) is 0 Å². The Kier molecular flexibility index (Phi) is 4.44. The molecule has 0 fully saturated rings. The van der Waals surface area contributed by atoms with Gasteiger partial charge in [-0.25, -0.2) is 8.42 Å². The van der Waals surface area contributed by atoms with E-state index in [-0.39, 0.29) is 5.75 Å². The minimum absolute atomic E-state index is 0.0159. The van der Waals surface area contributed by atoms with Crippen LogP contribution in [0.4, 0.5) is 11.4 Å². The molecule has 0 aliphatic carbocycles. The van der Waals surface area contributed by atoms with E-state index in [4.69, 9.17) is 17.3 Å². The molecular weight excluding hydrogens is 248 g/mol. The Hall–Kier alpha value is -0.940. The Balaban J connectivity index is 2.45. The summed E-state index contributed by atoms with van der Waals surface area (Å²) in [5, 5.41) is 2.99. The molecule has 4 nitrogen and oxygen atoms in total. The van der Waals surface area contributed by atoms with E-state index >= 15 is 0 Å². The fourth-order valence-electron chi connectivity index (χ4n) is 1.10. The number of anilines is 2. The van der Waals surface area contributed by atoms with Gasteiger partial charge in [-0.1, -0.05) is 0 Å². The molecule has 0 bridgehead atoms. The lowest BCUT2D eigenvalue weighted by atomic mass is 10.3. The first-order valence-electron chi connectivity index (χ1n) is 4.87. The van der Waals surface area contributed by atoms with Crippen molar-refractivity contribution in [1.82, 2.24) is 0 Å². The maximum Gasteiger partial charge on any atom is 0.168 e. The lowest BCUT2D eigenvalue weighted by molar-refractivity contribution is 0.595. The van der Waals surface area contributed by atoms with Crippen molar-refractivity contribution in [2.24, 2.45) is 0 Å². The molecule has 0 heterocycles. The van der Waals surface area contributed by atoms with Gasteiger partial charge in [0.05, 0.1) is 5.75 Å². The predicted octanol–water partition coefficient (Wildman–Crippen LogP) is 1.68. The number of benzene rings is 1. The van der Waals surface area contributed by atoms with Crippen LogP contribution in [-0.4, -0.2) is 25.4 Å². The number of hydrogen-bond acceptors (Lipinski definition) is 4. The molecule has 0 saturated carbocycles. The summed E-state index contributed by atoms with van der Waals surface area (Å²) in [6.45, 7) is 1.80. The number of halogens is 1. The van der Waals surface area contributed by atoms with Gasteiger partial charge in [-0.3, -0.25) is 0 Å². The first-order chi connectivity index (χ1) is 7.42. The SMILES string of the molecule is CC(Cl)S(=O)(=O)CCNc1ccc(N)cc1. The van der Waals surface area contributed by atoms with Gasteiger partial charge in [-0.15, -0.1) is 11.6 Å². The third kappa shape index (κ3) is 3.90. The van der Waals surface area contributed by atoms with E-state index in [2.05, 4.69) is 5.32 Å². The molecule has 0 aromatic heterocycles. The van der Waals surface area contributed by atoms with E-state index in [1.165, 1.54) is 6.92 Å². The second-order valence-corrected chi connectivity index (χ2v) is 6.81. The third-order valence-electron chi connectivity index (χ3n) is 2.12. The third-order valence-corrected chi connectivity index (χ3v) is 4.70. The summed E-state index contributed by atoms with van der Waals surface area (Å²) in [7, 11) is -3.20. The van der Waals surface area contributed by atoms with Crippen LogP contribution in [0.15, 0.2) is 24.3 Å². The van der Waals surface area contributed by atoms with Gasteiger partial charge in [0.25, 0.3) is 0 Å². The molecule has 0 aliphatic heterocycles. The van der Waals surface area contributed by atoms with Gasteiger partial charge in [0.2, 0.25) is 0 Å². The molecule has 0 amide bonds. The van der Waals surface area contributed by atoms with Crippen LogP contribution >= 0.6 is 11.6 Å². The van der Waals surface area contributed by atoms with Crippen molar-refractivity contribution in [3.8, 4) is 0 Å². The van der Waals surface area contributed by atoms with Gasteiger partial charge < -0.3 is 11.1 Å². The monoisotopic (exact) mass is 262 g/mol. The highest BCUT2D eigenvalue weighted by atomic mass is 35.5. The second kappa shape index (κ2) is 5.41. The normalized spacial score (nSPS) is 13.4. The molecule has 6 heteroatoms. The second-order valence-electron chi connectivity index (χ2n) is 3.46. The molecule has 0 aliphatic rings. The number of hydrogen-bond donors (Lipinski definition) is 2. The number of alkyl halides is 1. The number of nitrogen functional groups attached to an aromatic ring is 1. The summed E-state index contributed by atoms with van der Waals surface area (Å²) >= 11 is 5.54. The number of rotatable bonds is 5. The first kappa shape index (κ1) is 13.1. The lowest BCUT2D eigenvalue weighted by Gasteiger charge is -2.08. The van der Waals surface area contributed by atoms with Crippen LogP contribution < -0.4 is 11.1 Å². The molecule has 0 spiro atoms. The van der Waals surface area contributed by atoms with E-state index in [0.717, 1.165) is 5.69 Å². The largest absolute Gasteiger partial charge is 0.399 e. The summed E-state index contributed by atoms with van der Waals surface area (Å²) in [5.74, 6) is 0.0159. The van der Waals surface area contributed by atoms with Crippen LogP contribution in [-0.2, 0) is 9.84 Å². The predicted molar refractivity (Wildman–Crippen MR) is 68.4 cm³/mol. The first-order valence-corrected chi connectivity index (χ1v) is 7.02. The minimum atomic E-state index is -3.20. The summed E-state index contributed by atoms with van der Waals surface area (Å²) in [5.41, 5.74) is 7.04. The van der Waals surface area contributed by atoms with Crippen LogP contribution in [0.5, 0.6) is 0 Å². The van der Waals surface area contributed by atoms with Crippen LogP contribution in [0.2, 0.25) is 0 Å². The zero-order chi connectivity index (χ0) is 12.2. The summed E-state index contributed by atoms with van der Waals surface area (Å²) in [6.07, 6.45) is 0. The molecule has 90 valence electrons. The Morgan fingerprint density at radius 2 is 1.94 bits per heavy atom. The summed E-state index contributed by atoms with van der Waals surface area (Å²) in [6, 6.07) is 7.10. The Bertz CT molecular complexity index is 429. The molecule has 0 saturated heterocycles. The summed E-state index contributed by atoms with van der Waals surface area (Å²) < 4.78 is 21.9.